The van der Waals surface area contributed by atoms with E-state index >= 15 is 0 Å². The van der Waals surface area contributed by atoms with Crippen molar-refractivity contribution >= 4 is 17.7 Å². The van der Waals surface area contributed by atoms with E-state index in [0.29, 0.717) is 22.9 Å². The molecule has 1 aromatic heterocycles. The van der Waals surface area contributed by atoms with Crippen LogP contribution in [0.4, 0.5) is 0 Å². The number of nitrogens with one attached hydrogen (secondary N) is 1. The van der Waals surface area contributed by atoms with Crippen LogP contribution >= 0.6 is 11.8 Å². The highest BCUT2D eigenvalue weighted by Gasteiger charge is 2.04. The summed E-state index contributed by atoms with van der Waals surface area (Å²) in [5.41, 5.74) is 0.426. The second-order valence-electron chi connectivity index (χ2n) is 2.90. The van der Waals surface area contributed by atoms with Crippen molar-refractivity contribution in [3.8, 4) is 0 Å². The van der Waals surface area contributed by atoms with Crippen LogP contribution in [-0.4, -0.2) is 32.0 Å². The van der Waals surface area contributed by atoms with Crippen molar-refractivity contribution in [2.75, 3.05) is 5.75 Å². The predicted molar refractivity (Wildman–Crippen MR) is 57.9 cm³/mol. The van der Waals surface area contributed by atoms with Gasteiger partial charge in [0.05, 0.1) is 0 Å². The molecule has 1 heterocycles. The Labute approximate surface area is 92.0 Å². The maximum atomic E-state index is 10.7. The Morgan fingerprint density at radius 1 is 1.67 bits per heavy atom. The Kier molecular flexibility index (Phi) is 4.36. The normalized spacial score (nSPS) is 11.7. The van der Waals surface area contributed by atoms with Crippen LogP contribution in [0.25, 0.3) is 0 Å². The van der Waals surface area contributed by atoms with E-state index < -0.39 is 5.97 Å². The van der Waals surface area contributed by atoms with Gasteiger partial charge in [-0.1, -0.05) is 24.8 Å². The van der Waals surface area contributed by atoms with Gasteiger partial charge < -0.3 is 5.11 Å². The lowest BCUT2D eigenvalue weighted by atomic mass is 10.2. The molecule has 0 unspecified atom stereocenters. The summed E-state index contributed by atoms with van der Waals surface area (Å²) in [4.78, 5) is 14.8. The summed E-state index contributed by atoms with van der Waals surface area (Å²) in [6, 6.07) is 0. The highest BCUT2D eigenvalue weighted by Crippen LogP contribution is 2.13. The van der Waals surface area contributed by atoms with Gasteiger partial charge in [0.15, 0.2) is 0 Å². The van der Waals surface area contributed by atoms with Crippen LogP contribution in [0.5, 0.6) is 0 Å². The van der Waals surface area contributed by atoms with Crippen molar-refractivity contribution in [1.29, 1.82) is 0 Å². The highest BCUT2D eigenvalue weighted by atomic mass is 32.2. The second-order valence-corrected chi connectivity index (χ2v) is 3.89. The summed E-state index contributed by atoms with van der Waals surface area (Å²) in [6.45, 7) is 3.64. The molecule has 0 spiro atoms. The second kappa shape index (κ2) is 5.55. The summed E-state index contributed by atoms with van der Waals surface area (Å²) >= 11 is 1.41. The average molecular weight is 227 g/mol. The van der Waals surface area contributed by atoms with Crippen molar-refractivity contribution < 1.29 is 9.90 Å². The molecule has 15 heavy (non-hydrogen) atoms. The first-order valence-corrected chi connectivity index (χ1v) is 5.56. The van der Waals surface area contributed by atoms with Gasteiger partial charge in [-0.3, -0.25) is 5.10 Å². The summed E-state index contributed by atoms with van der Waals surface area (Å²) in [5.74, 6) is 0.479. The molecule has 0 aliphatic heterocycles. The molecule has 6 heteroatoms. The minimum Gasteiger partial charge on any atom is -0.478 e. The summed E-state index contributed by atoms with van der Waals surface area (Å²) in [5, 5.41) is 16.1. The molecule has 0 saturated carbocycles. The van der Waals surface area contributed by atoms with Crippen molar-refractivity contribution in [3.05, 3.63) is 17.5 Å². The number of aromatic amines is 1. The number of carboxylic acids is 1. The molecule has 0 aliphatic rings. The van der Waals surface area contributed by atoms with Gasteiger partial charge in [-0.25, -0.2) is 9.78 Å². The van der Waals surface area contributed by atoms with Crippen LogP contribution in [-0.2, 0) is 4.79 Å². The molecule has 0 amide bonds. The molecule has 0 bridgehead atoms. The zero-order valence-electron chi connectivity index (χ0n) is 8.65. The van der Waals surface area contributed by atoms with Gasteiger partial charge in [0.25, 0.3) is 0 Å². The maximum absolute atomic E-state index is 10.7. The third-order valence-corrected chi connectivity index (χ3v) is 2.55. The Hall–Kier alpha value is -1.30. The van der Waals surface area contributed by atoms with E-state index in [-0.39, 0.29) is 0 Å². The van der Waals surface area contributed by atoms with Crippen LogP contribution in [0.2, 0.25) is 0 Å². The number of aryl methyl sites for hydroxylation is 1. The first-order chi connectivity index (χ1) is 7.13. The zero-order valence-corrected chi connectivity index (χ0v) is 9.47. The third-order valence-electron chi connectivity index (χ3n) is 1.77. The van der Waals surface area contributed by atoms with Gasteiger partial charge in [-0.05, 0) is 13.3 Å². The van der Waals surface area contributed by atoms with Crippen LogP contribution in [0, 0.1) is 6.92 Å². The summed E-state index contributed by atoms with van der Waals surface area (Å²) in [6.07, 6.45) is 2.22. The van der Waals surface area contributed by atoms with Crippen LogP contribution in [0.3, 0.4) is 0 Å². The van der Waals surface area contributed by atoms with E-state index in [1.807, 2.05) is 13.8 Å². The molecule has 82 valence electrons. The smallest absolute Gasteiger partial charge is 0.331 e. The van der Waals surface area contributed by atoms with Gasteiger partial charge in [0.1, 0.15) is 5.82 Å². The number of hydrogen-bond acceptors (Lipinski definition) is 4. The van der Waals surface area contributed by atoms with Crippen LogP contribution < -0.4 is 0 Å². The van der Waals surface area contributed by atoms with E-state index in [1.165, 1.54) is 11.8 Å². The molecule has 1 aromatic rings. The number of thioether (sulfide) groups is 1. The average Bonchev–Trinajstić information content (AvgIpc) is 2.58. The Bertz CT molecular complexity index is 373. The lowest BCUT2D eigenvalue weighted by Gasteiger charge is -1.96. The SMILES string of the molecule is CCC(=CCSc1n[nH]c(C)n1)C(=O)O. The van der Waals surface area contributed by atoms with Gasteiger partial charge in [0.2, 0.25) is 5.16 Å². The standard InChI is InChI=1S/C9H13N3O2S/c1-3-7(8(13)14)4-5-15-9-10-6(2)11-12-9/h4H,3,5H2,1-2H3,(H,13,14)(H,10,11,12). The molecule has 0 fully saturated rings. The lowest BCUT2D eigenvalue weighted by Crippen LogP contribution is -1.99. The minimum absolute atomic E-state index is 0.426. The molecule has 0 aliphatic carbocycles. The fourth-order valence-corrected chi connectivity index (χ4v) is 1.73. The first-order valence-electron chi connectivity index (χ1n) is 4.57. The summed E-state index contributed by atoms with van der Waals surface area (Å²) in [7, 11) is 0. The molecular formula is C9H13N3O2S. The van der Waals surface area contributed by atoms with Crippen molar-refractivity contribution in [1.82, 2.24) is 15.2 Å². The number of rotatable bonds is 5. The van der Waals surface area contributed by atoms with E-state index in [9.17, 15) is 4.79 Å². The van der Waals surface area contributed by atoms with Crippen LogP contribution in [0.1, 0.15) is 19.2 Å². The van der Waals surface area contributed by atoms with Crippen LogP contribution in [0.15, 0.2) is 16.8 Å². The number of aromatic nitrogens is 3. The van der Waals surface area contributed by atoms with Crippen molar-refractivity contribution in [2.45, 2.75) is 25.4 Å². The van der Waals surface area contributed by atoms with E-state index in [1.54, 1.807) is 6.08 Å². The molecule has 0 aromatic carbocycles. The maximum Gasteiger partial charge on any atom is 0.331 e. The predicted octanol–water partition coefficient (Wildman–Crippen LogP) is 1.63. The molecule has 2 N–H and O–H groups in total. The monoisotopic (exact) mass is 227 g/mol. The van der Waals surface area contributed by atoms with Gasteiger partial charge >= 0.3 is 5.97 Å². The number of carboxylic acid groups (broad SMARTS) is 1. The molecule has 0 atom stereocenters. The number of carbonyl (C=O) groups is 1. The van der Waals surface area contributed by atoms with E-state index in [2.05, 4.69) is 15.2 Å². The van der Waals surface area contributed by atoms with Gasteiger partial charge in [0, 0.05) is 11.3 Å². The minimum atomic E-state index is -0.857. The van der Waals surface area contributed by atoms with Gasteiger partial charge in [-0.15, -0.1) is 5.10 Å². The Balaban J connectivity index is 2.47. The zero-order chi connectivity index (χ0) is 11.3. The number of hydrogen-bond donors (Lipinski definition) is 2. The number of H-pyrrole nitrogens is 1. The Morgan fingerprint density at radius 2 is 2.40 bits per heavy atom. The third kappa shape index (κ3) is 3.75. The van der Waals surface area contributed by atoms with E-state index in [4.69, 9.17) is 5.11 Å². The fraction of sp³-hybridized carbons (Fsp3) is 0.444. The van der Waals surface area contributed by atoms with Crippen molar-refractivity contribution in [3.63, 3.8) is 0 Å². The molecule has 0 saturated heterocycles. The molecular weight excluding hydrogens is 214 g/mol. The quantitative estimate of drug-likeness (QED) is 0.590. The van der Waals surface area contributed by atoms with E-state index in [0.717, 1.165) is 5.82 Å². The Morgan fingerprint density at radius 3 is 2.87 bits per heavy atom. The summed E-state index contributed by atoms with van der Waals surface area (Å²) < 4.78 is 0. The molecule has 5 nitrogen and oxygen atoms in total. The topological polar surface area (TPSA) is 78.9 Å². The number of nitrogens with zero attached hydrogens (tertiary/aromatic N) is 2. The first kappa shape index (κ1) is 11.8. The van der Waals surface area contributed by atoms with Gasteiger partial charge in [-0.2, -0.15) is 0 Å². The number of aliphatic carboxylic acids is 1. The highest BCUT2D eigenvalue weighted by molar-refractivity contribution is 7.99. The fourth-order valence-electron chi connectivity index (χ4n) is 0.986. The van der Waals surface area contributed by atoms with Crippen molar-refractivity contribution in [2.24, 2.45) is 0 Å². The largest absolute Gasteiger partial charge is 0.478 e. The lowest BCUT2D eigenvalue weighted by molar-refractivity contribution is -0.132. The molecule has 1 rings (SSSR count). The molecule has 0 radical (unpaired) electrons.